The van der Waals surface area contributed by atoms with Gasteiger partial charge in [-0.05, 0) is 94.0 Å². The highest BCUT2D eigenvalue weighted by molar-refractivity contribution is 7.84. The van der Waals surface area contributed by atoms with E-state index < -0.39 is 56.5 Å². The lowest BCUT2D eigenvalue weighted by molar-refractivity contribution is 0.103. The summed E-state index contributed by atoms with van der Waals surface area (Å²) in [5.41, 5.74) is 0.692. The summed E-state index contributed by atoms with van der Waals surface area (Å²) in [6, 6.07) is 7.39. The Kier molecular flexibility index (Phi) is 9.19. The van der Waals surface area contributed by atoms with E-state index in [0.717, 1.165) is 25.0 Å². The van der Waals surface area contributed by atoms with Crippen LogP contribution in [0.2, 0.25) is 0 Å². The summed E-state index contributed by atoms with van der Waals surface area (Å²) in [4.78, 5) is 26.3. The van der Waals surface area contributed by atoms with Crippen molar-refractivity contribution < 1.29 is 26.5 Å². The normalized spacial score (nSPS) is 16.7. The van der Waals surface area contributed by atoms with Crippen molar-refractivity contribution in [2.45, 2.75) is 57.4 Å². The largest absolute Gasteiger partial charge is 0.760 e. The van der Waals surface area contributed by atoms with Gasteiger partial charge in [-0.1, -0.05) is 0 Å². The van der Waals surface area contributed by atoms with E-state index >= 15 is 4.39 Å². The van der Waals surface area contributed by atoms with Crippen LogP contribution in [0.25, 0.3) is 11.1 Å². The molecule has 3 aromatic rings. The van der Waals surface area contributed by atoms with Crippen LogP contribution in [0.15, 0.2) is 53.5 Å². The molecule has 0 bridgehead atoms. The molecule has 41 heavy (non-hydrogen) atoms. The molecule has 1 saturated carbocycles. The molecule has 2 N–H and O–H groups in total. The van der Waals surface area contributed by atoms with E-state index in [1.807, 2.05) is 20.8 Å². The lowest BCUT2D eigenvalue weighted by atomic mass is 9.89. The maximum absolute atomic E-state index is 15.9. The third-order valence-electron chi connectivity index (χ3n) is 6.98. The smallest absolute Gasteiger partial charge is 0.250 e. The van der Waals surface area contributed by atoms with Gasteiger partial charge in [-0.15, -0.1) is 0 Å². The predicted molar refractivity (Wildman–Crippen MR) is 154 cm³/mol. The Morgan fingerprint density at radius 2 is 1.68 bits per heavy atom. The molecule has 0 radical (unpaired) electrons. The number of carbonyl (C=O) groups excluding carboxylic acids is 1. The van der Waals surface area contributed by atoms with Gasteiger partial charge >= 0.3 is 0 Å². The number of aromatic nitrogens is 1. The van der Waals surface area contributed by atoms with E-state index in [1.54, 1.807) is 13.2 Å². The average Bonchev–Trinajstić information content (AvgIpc) is 3.73. The van der Waals surface area contributed by atoms with Gasteiger partial charge < -0.3 is 9.12 Å². The number of hydrogen-bond donors (Lipinski definition) is 2. The number of hydrogen-bond acceptors (Lipinski definition) is 5. The number of nitrogens with zero attached hydrogens (tertiary/aromatic N) is 1. The summed E-state index contributed by atoms with van der Waals surface area (Å²) < 4.78 is 71.5. The van der Waals surface area contributed by atoms with E-state index in [1.165, 1.54) is 41.8 Å². The predicted octanol–water partition coefficient (Wildman–Crippen LogP) is 4.51. The fraction of sp³-hybridized carbons (Fsp3) is 0.379. The molecule has 2 aromatic carbocycles. The van der Waals surface area contributed by atoms with E-state index in [2.05, 4.69) is 9.44 Å². The van der Waals surface area contributed by atoms with Crippen molar-refractivity contribution >= 4 is 28.0 Å². The van der Waals surface area contributed by atoms with Crippen LogP contribution in [0.1, 0.15) is 79.7 Å². The molecule has 0 aliphatic heterocycles. The van der Waals surface area contributed by atoms with E-state index in [-0.39, 0.29) is 28.2 Å². The van der Waals surface area contributed by atoms with Crippen LogP contribution in [0, 0.1) is 17.6 Å². The van der Waals surface area contributed by atoms with Crippen LogP contribution < -0.4 is 15.0 Å². The lowest BCUT2D eigenvalue weighted by Gasteiger charge is -2.27. The summed E-state index contributed by atoms with van der Waals surface area (Å²) in [6.45, 7) is 6.93. The fourth-order valence-electron chi connectivity index (χ4n) is 4.53. The van der Waals surface area contributed by atoms with Crippen LogP contribution in [0.3, 0.4) is 0 Å². The lowest BCUT2D eigenvalue weighted by Crippen LogP contribution is -2.37. The number of pyridine rings is 1. The van der Waals surface area contributed by atoms with Crippen molar-refractivity contribution in [3.05, 3.63) is 92.9 Å². The van der Waals surface area contributed by atoms with Gasteiger partial charge in [-0.25, -0.2) is 22.4 Å². The summed E-state index contributed by atoms with van der Waals surface area (Å²) >= 11 is -2.73. The second-order valence-electron chi connectivity index (χ2n) is 11.2. The zero-order chi connectivity index (χ0) is 30.2. The van der Waals surface area contributed by atoms with Crippen LogP contribution >= 0.6 is 0 Å². The fourth-order valence-corrected chi connectivity index (χ4v) is 5.84. The van der Waals surface area contributed by atoms with Gasteiger partial charge in [0.2, 0.25) is 0 Å². The van der Waals surface area contributed by atoms with Crippen molar-refractivity contribution in [1.29, 1.82) is 0 Å². The maximum Gasteiger partial charge on any atom is 0.250 e. The number of rotatable bonds is 10. The van der Waals surface area contributed by atoms with Gasteiger partial charge in [0.1, 0.15) is 11.6 Å². The van der Waals surface area contributed by atoms with E-state index in [4.69, 9.17) is 0 Å². The Morgan fingerprint density at radius 3 is 2.24 bits per heavy atom. The van der Waals surface area contributed by atoms with E-state index in [9.17, 15) is 27.0 Å². The number of halogens is 2. The van der Waals surface area contributed by atoms with Gasteiger partial charge in [-0.3, -0.25) is 13.8 Å². The number of aryl methyl sites for hydroxylation is 1. The van der Waals surface area contributed by atoms with Crippen molar-refractivity contribution in [3.63, 3.8) is 0 Å². The van der Waals surface area contributed by atoms with E-state index in [0.29, 0.717) is 16.7 Å². The molecule has 0 saturated heterocycles. The third-order valence-corrected chi connectivity index (χ3v) is 9.11. The summed E-state index contributed by atoms with van der Waals surface area (Å²) in [6.07, 6.45) is 3.28. The summed E-state index contributed by atoms with van der Waals surface area (Å²) in [5.74, 6) is -2.10. The number of carbonyl (C=O) groups is 1. The summed E-state index contributed by atoms with van der Waals surface area (Å²) in [7, 11) is 0.0899. The third kappa shape index (κ3) is 7.12. The maximum atomic E-state index is 15.9. The molecule has 1 aromatic heterocycles. The molecule has 1 aliphatic carbocycles. The Bertz CT molecular complexity index is 1580. The second-order valence-corrected chi connectivity index (χ2v) is 13.9. The first-order valence-corrected chi connectivity index (χ1v) is 15.3. The minimum Gasteiger partial charge on any atom is -0.760 e. The molecule has 0 amide bonds. The molecule has 12 heteroatoms. The Balaban J connectivity index is 1.95. The zero-order valence-corrected chi connectivity index (χ0v) is 25.0. The highest BCUT2D eigenvalue weighted by atomic mass is 32.2. The molecule has 4 rings (SSSR count). The van der Waals surface area contributed by atoms with Crippen molar-refractivity contribution in [1.82, 2.24) is 14.0 Å². The van der Waals surface area contributed by atoms with Crippen LogP contribution in [0.5, 0.6) is 0 Å². The van der Waals surface area contributed by atoms with Crippen LogP contribution in [-0.2, 0) is 29.3 Å². The van der Waals surface area contributed by atoms with Crippen molar-refractivity contribution in [2.24, 2.45) is 13.0 Å². The van der Waals surface area contributed by atoms with Gasteiger partial charge in [0.05, 0.1) is 21.3 Å². The summed E-state index contributed by atoms with van der Waals surface area (Å²) in [5, 5.41) is 0. The van der Waals surface area contributed by atoms with Crippen LogP contribution in [-0.4, -0.2) is 28.1 Å². The molecule has 0 spiro atoms. The number of benzene rings is 2. The van der Waals surface area contributed by atoms with Crippen LogP contribution in [0.4, 0.5) is 8.78 Å². The molecule has 8 nitrogen and oxygen atoms in total. The van der Waals surface area contributed by atoms with Gasteiger partial charge in [-0.2, -0.15) is 0 Å². The van der Waals surface area contributed by atoms with Crippen molar-refractivity contribution in [3.8, 4) is 11.1 Å². The van der Waals surface area contributed by atoms with Gasteiger partial charge in [0, 0.05) is 59.4 Å². The number of nitrogens with one attached hydrogen (secondary N) is 2. The molecule has 1 aliphatic rings. The first-order chi connectivity index (χ1) is 19.2. The van der Waals surface area contributed by atoms with Crippen molar-refractivity contribution in [2.75, 3.05) is 0 Å². The Hall–Kier alpha value is -2.90. The highest BCUT2D eigenvalue weighted by Gasteiger charge is 2.37. The average molecular weight is 605 g/mol. The molecule has 1 heterocycles. The Labute approximate surface area is 242 Å². The Morgan fingerprint density at radius 1 is 1.05 bits per heavy atom. The molecular formula is C29H32F2N3O5S2-. The molecule has 4 atom stereocenters. The topological polar surface area (TPSA) is 120 Å². The molecule has 3 unspecified atom stereocenters. The van der Waals surface area contributed by atoms with Gasteiger partial charge in [0.15, 0.2) is 5.78 Å². The minimum atomic E-state index is -2.73. The second kappa shape index (κ2) is 12.1. The zero-order valence-electron chi connectivity index (χ0n) is 23.3. The monoisotopic (exact) mass is 604 g/mol. The standard InChI is InChI=1S/C29H33F2N3O5S2/c1-16(32-41(38)39)21-12-19(13-23(26(21)31)28(36)18-8-10-20(30)11-9-18)24-15-34(5)25(35)14-22(24)27(17-6-7-17)33-40(37)29(2,3)4/h8-17,27,32-33H,6-7H2,1-5H3,(H,38,39)/p-1/t16?,27-,40?/m0/s1. The molecular weight excluding hydrogens is 572 g/mol. The molecule has 1 fully saturated rings. The minimum absolute atomic E-state index is 0.0418. The number of ketones is 1. The quantitative estimate of drug-likeness (QED) is 0.261. The molecule has 220 valence electrons. The van der Waals surface area contributed by atoms with Gasteiger partial charge in [0.25, 0.3) is 5.56 Å². The SMILES string of the molecule is CC(NS(=O)[O-])c1cc(-c2cn(C)c(=O)cc2[C@@H](NS(=O)C(C)(C)C)C2CC2)cc(C(=O)c2ccc(F)cc2)c1F. The highest BCUT2D eigenvalue weighted by Crippen LogP contribution is 2.44. The first kappa shape index (κ1) is 31.0. The first-order valence-electron chi connectivity index (χ1n) is 13.1.